The monoisotopic (exact) mass is 541 g/mol. The third-order valence-electron chi connectivity index (χ3n) is 6.70. The van der Waals surface area contributed by atoms with Crippen LogP contribution < -0.4 is 5.32 Å². The van der Waals surface area contributed by atoms with Gasteiger partial charge in [0.05, 0.1) is 12.5 Å². The Hall–Kier alpha value is -3.53. The first-order valence-electron chi connectivity index (χ1n) is 13.3. The van der Waals surface area contributed by atoms with Crippen LogP contribution in [0.2, 0.25) is 0 Å². The van der Waals surface area contributed by atoms with Gasteiger partial charge in [0.15, 0.2) is 5.69 Å². The number of ether oxygens (including phenoxy) is 1. The number of nitrogens with one attached hydrogen (secondary N) is 1. The van der Waals surface area contributed by atoms with Gasteiger partial charge in [-0.3, -0.25) is 14.4 Å². The summed E-state index contributed by atoms with van der Waals surface area (Å²) in [6.45, 7) is 10.2. The molecule has 3 heterocycles. The minimum absolute atomic E-state index is 0.00648. The highest BCUT2D eigenvalue weighted by Crippen LogP contribution is 2.31. The number of cyclic esters (lactones) is 1. The van der Waals surface area contributed by atoms with Crippen LogP contribution in [0, 0.1) is 11.3 Å². The van der Waals surface area contributed by atoms with E-state index >= 15 is 0 Å². The van der Waals surface area contributed by atoms with Crippen LogP contribution in [0.3, 0.4) is 0 Å². The van der Waals surface area contributed by atoms with Gasteiger partial charge in [0.25, 0.3) is 5.91 Å². The molecular formula is C29H39N3O7. The number of allylic oxidation sites excluding steroid dienone is 2. The predicted molar refractivity (Wildman–Crippen MR) is 143 cm³/mol. The zero-order valence-corrected chi connectivity index (χ0v) is 23.3. The quantitative estimate of drug-likeness (QED) is 0.478. The van der Waals surface area contributed by atoms with Crippen LogP contribution in [-0.4, -0.2) is 69.9 Å². The Morgan fingerprint density at radius 3 is 2.62 bits per heavy atom. The second-order valence-corrected chi connectivity index (χ2v) is 11.3. The summed E-state index contributed by atoms with van der Waals surface area (Å²) in [4.78, 5) is 56.9. The van der Waals surface area contributed by atoms with E-state index in [4.69, 9.17) is 9.15 Å². The Labute approximate surface area is 229 Å². The number of aliphatic hydroxyl groups excluding tert-OH is 1. The molecular weight excluding hydrogens is 502 g/mol. The molecule has 10 nitrogen and oxygen atoms in total. The van der Waals surface area contributed by atoms with Crippen LogP contribution in [0.4, 0.5) is 0 Å². The molecule has 2 bridgehead atoms. The standard InChI is InChI=1S/C29H39N3O7/c1-18-8-6-12-30-24(35)11-10-19(2)26(29(3,4)5)39-28(37)23-9-7-13-32(23)27(36)22-17-38-25(31-22)16-21(34)15-20(33)14-18/h6,8,10-11,14,17,19-20,23,26,33H,7,9,12-13,15-16H2,1-5H3,(H,30,35)/b8-6?,11-10+,18-14?. The Bertz CT molecular complexity index is 1160. The van der Waals surface area contributed by atoms with E-state index < -0.39 is 35.5 Å². The van der Waals surface area contributed by atoms with Crippen LogP contribution in [0.5, 0.6) is 0 Å². The highest BCUT2D eigenvalue weighted by Gasteiger charge is 2.40. The summed E-state index contributed by atoms with van der Waals surface area (Å²) in [5.74, 6) is -1.79. The molecule has 1 saturated heterocycles. The minimum atomic E-state index is -1.01. The van der Waals surface area contributed by atoms with Crippen molar-refractivity contribution in [3.63, 3.8) is 0 Å². The summed E-state index contributed by atoms with van der Waals surface area (Å²) in [7, 11) is 0. The molecule has 2 amide bonds. The van der Waals surface area contributed by atoms with Gasteiger partial charge in [0.2, 0.25) is 11.8 Å². The van der Waals surface area contributed by atoms with Gasteiger partial charge < -0.3 is 24.5 Å². The molecule has 4 unspecified atom stereocenters. The molecule has 1 aromatic rings. The fourth-order valence-electron chi connectivity index (χ4n) is 4.86. The Morgan fingerprint density at radius 2 is 1.90 bits per heavy atom. The molecule has 2 aliphatic heterocycles. The molecule has 2 aliphatic rings. The average Bonchev–Trinajstić information content (AvgIpc) is 3.51. The van der Waals surface area contributed by atoms with E-state index in [9.17, 15) is 24.3 Å². The zero-order valence-electron chi connectivity index (χ0n) is 23.3. The van der Waals surface area contributed by atoms with Crippen molar-refractivity contribution in [3.05, 3.63) is 53.8 Å². The molecule has 212 valence electrons. The number of hydrogen-bond acceptors (Lipinski definition) is 8. The molecule has 2 N–H and O–H groups in total. The normalized spacial score (nSPS) is 27.4. The highest BCUT2D eigenvalue weighted by atomic mass is 16.5. The third kappa shape index (κ3) is 8.48. The number of carbonyl (C=O) groups is 4. The van der Waals surface area contributed by atoms with Crippen molar-refractivity contribution in [2.75, 3.05) is 13.1 Å². The van der Waals surface area contributed by atoms with Gasteiger partial charge in [-0.05, 0) is 31.3 Å². The molecule has 0 saturated carbocycles. The van der Waals surface area contributed by atoms with Gasteiger partial charge in [-0.25, -0.2) is 9.78 Å². The lowest BCUT2D eigenvalue weighted by molar-refractivity contribution is -0.162. The number of nitrogens with zero attached hydrogens (tertiary/aromatic N) is 2. The molecule has 0 radical (unpaired) electrons. The number of ketones is 1. The van der Waals surface area contributed by atoms with Crippen molar-refractivity contribution in [2.45, 2.75) is 78.6 Å². The van der Waals surface area contributed by atoms with E-state index in [2.05, 4.69) is 10.3 Å². The number of hydrogen-bond donors (Lipinski definition) is 2. The van der Waals surface area contributed by atoms with Crippen LogP contribution in [-0.2, 0) is 25.5 Å². The Morgan fingerprint density at radius 1 is 1.15 bits per heavy atom. The van der Waals surface area contributed by atoms with Gasteiger partial charge in [-0.1, -0.05) is 57.6 Å². The van der Waals surface area contributed by atoms with E-state index in [1.54, 1.807) is 31.2 Å². The molecule has 1 aromatic heterocycles. The highest BCUT2D eigenvalue weighted by molar-refractivity contribution is 5.95. The topological polar surface area (TPSA) is 139 Å². The van der Waals surface area contributed by atoms with Crippen molar-refractivity contribution in [1.82, 2.24) is 15.2 Å². The van der Waals surface area contributed by atoms with E-state index in [0.29, 0.717) is 19.4 Å². The fourth-order valence-corrected chi connectivity index (χ4v) is 4.86. The van der Waals surface area contributed by atoms with E-state index in [1.807, 2.05) is 27.7 Å². The summed E-state index contributed by atoms with van der Waals surface area (Å²) >= 11 is 0. The number of fused-ring (bicyclic) bond motifs is 3. The largest absolute Gasteiger partial charge is 0.460 e. The smallest absolute Gasteiger partial charge is 0.329 e. The van der Waals surface area contributed by atoms with Gasteiger partial charge in [-0.15, -0.1) is 0 Å². The van der Waals surface area contributed by atoms with Crippen LogP contribution in [0.25, 0.3) is 0 Å². The van der Waals surface area contributed by atoms with Crippen molar-refractivity contribution < 1.29 is 33.4 Å². The maximum absolute atomic E-state index is 13.3. The lowest BCUT2D eigenvalue weighted by Crippen LogP contribution is -2.45. The zero-order chi connectivity index (χ0) is 28.7. The molecule has 39 heavy (non-hydrogen) atoms. The summed E-state index contributed by atoms with van der Waals surface area (Å²) in [5, 5.41) is 13.0. The predicted octanol–water partition coefficient (Wildman–Crippen LogP) is 2.92. The molecule has 4 atom stereocenters. The van der Waals surface area contributed by atoms with Crippen molar-refractivity contribution in [1.29, 1.82) is 0 Å². The van der Waals surface area contributed by atoms with Gasteiger partial charge >= 0.3 is 5.97 Å². The van der Waals surface area contributed by atoms with Gasteiger partial charge in [-0.2, -0.15) is 0 Å². The lowest BCUT2D eigenvalue weighted by Gasteiger charge is -2.35. The summed E-state index contributed by atoms with van der Waals surface area (Å²) in [6, 6.07) is -0.776. The number of rotatable bonds is 0. The van der Waals surface area contributed by atoms with Crippen molar-refractivity contribution >= 4 is 23.6 Å². The summed E-state index contributed by atoms with van der Waals surface area (Å²) in [6.07, 6.45) is 8.56. The average molecular weight is 542 g/mol. The van der Waals surface area contributed by atoms with Gasteiger partial charge in [0, 0.05) is 25.4 Å². The van der Waals surface area contributed by atoms with Crippen molar-refractivity contribution in [2.24, 2.45) is 11.3 Å². The number of amides is 2. The van der Waals surface area contributed by atoms with E-state index in [-0.39, 0.29) is 48.6 Å². The maximum atomic E-state index is 13.3. The number of aliphatic hydroxyl groups is 1. The number of esters is 1. The lowest BCUT2D eigenvalue weighted by atomic mass is 9.81. The van der Waals surface area contributed by atoms with E-state index in [1.165, 1.54) is 17.2 Å². The van der Waals surface area contributed by atoms with Gasteiger partial charge in [0.1, 0.15) is 24.2 Å². The molecule has 0 spiro atoms. The second kappa shape index (κ2) is 13.0. The molecule has 10 heteroatoms. The van der Waals surface area contributed by atoms with Crippen LogP contribution >= 0.6 is 0 Å². The van der Waals surface area contributed by atoms with E-state index in [0.717, 1.165) is 5.57 Å². The second-order valence-electron chi connectivity index (χ2n) is 11.3. The van der Waals surface area contributed by atoms with Crippen LogP contribution in [0.1, 0.15) is 70.3 Å². The van der Waals surface area contributed by atoms with Crippen molar-refractivity contribution in [3.8, 4) is 0 Å². The summed E-state index contributed by atoms with van der Waals surface area (Å²) in [5.41, 5.74) is 0.304. The SMILES string of the molecule is CC1=CC(O)CC(=O)Cc2nc(co2)C(=O)N2CCCC2C(=O)OC(C(C)(C)C)C(C)/C=C/C(=O)NCC=C1. The Balaban J connectivity index is 1.88. The first-order valence-corrected chi connectivity index (χ1v) is 13.3. The maximum Gasteiger partial charge on any atom is 0.329 e. The number of oxazole rings is 1. The molecule has 0 aromatic carbocycles. The molecule has 1 fully saturated rings. The number of carbonyl (C=O) groups excluding carboxylic acids is 4. The number of aromatic nitrogens is 1. The molecule has 3 rings (SSSR count). The first-order chi connectivity index (χ1) is 18.3. The fraction of sp³-hybridized carbons (Fsp3) is 0.552. The molecule has 0 aliphatic carbocycles. The first kappa shape index (κ1) is 30.0. The minimum Gasteiger partial charge on any atom is -0.460 e. The summed E-state index contributed by atoms with van der Waals surface area (Å²) < 4.78 is 11.3. The van der Waals surface area contributed by atoms with Crippen LogP contribution in [0.15, 0.2) is 46.6 Å². The number of Topliss-reactive ketones (excluding diaryl/α,β-unsaturated/α-hetero) is 1. The Kier molecular flexibility index (Phi) is 10.0. The third-order valence-corrected chi connectivity index (χ3v) is 6.70.